The maximum absolute atomic E-state index is 8.69. The lowest BCUT2D eigenvalue weighted by atomic mass is 10.2. The van der Waals surface area contributed by atoms with E-state index in [0.29, 0.717) is 6.61 Å². The Bertz CT molecular complexity index is 94.9. The summed E-state index contributed by atoms with van der Waals surface area (Å²) in [5.41, 5.74) is 0. The van der Waals surface area contributed by atoms with Gasteiger partial charge in [-0.2, -0.15) is 0 Å². The zero-order valence-corrected chi connectivity index (χ0v) is 6.25. The highest BCUT2D eigenvalue weighted by atomic mass is 16.5. The van der Waals surface area contributed by atoms with Crippen LogP contribution in [0.4, 0.5) is 0 Å². The molecule has 1 aliphatic rings. The molecule has 60 valence electrons. The van der Waals surface area contributed by atoms with Crippen LogP contribution in [0.15, 0.2) is 0 Å². The Labute approximate surface area is 60.9 Å². The SMILES string of the molecule is COC[C@@H]1CC[C@H](CO)O1. The minimum Gasteiger partial charge on any atom is -0.394 e. The fourth-order valence-corrected chi connectivity index (χ4v) is 1.22. The van der Waals surface area contributed by atoms with Crippen LogP contribution >= 0.6 is 0 Å². The molecule has 1 fully saturated rings. The van der Waals surface area contributed by atoms with Gasteiger partial charge in [0.25, 0.3) is 0 Å². The first-order chi connectivity index (χ1) is 4.86. The van der Waals surface area contributed by atoms with Crippen molar-refractivity contribution < 1.29 is 14.6 Å². The molecule has 1 N–H and O–H groups in total. The maximum atomic E-state index is 8.69. The van der Waals surface area contributed by atoms with Crippen LogP contribution in [0.1, 0.15) is 12.8 Å². The second-order valence-corrected chi connectivity index (χ2v) is 2.60. The van der Waals surface area contributed by atoms with Crippen molar-refractivity contribution in [1.82, 2.24) is 0 Å². The largest absolute Gasteiger partial charge is 0.394 e. The Kier molecular flexibility index (Phi) is 3.12. The van der Waals surface area contributed by atoms with Gasteiger partial charge in [0.2, 0.25) is 0 Å². The molecule has 0 amide bonds. The van der Waals surface area contributed by atoms with Crippen LogP contribution < -0.4 is 0 Å². The van der Waals surface area contributed by atoms with Crippen molar-refractivity contribution in [1.29, 1.82) is 0 Å². The molecule has 3 nitrogen and oxygen atoms in total. The van der Waals surface area contributed by atoms with Gasteiger partial charge in [0.1, 0.15) is 0 Å². The molecule has 3 heteroatoms. The van der Waals surface area contributed by atoms with Crippen LogP contribution in [0.25, 0.3) is 0 Å². The quantitative estimate of drug-likeness (QED) is 0.617. The summed E-state index contributed by atoms with van der Waals surface area (Å²) in [7, 11) is 1.66. The van der Waals surface area contributed by atoms with Crippen LogP contribution in [0.5, 0.6) is 0 Å². The number of aliphatic hydroxyl groups excluding tert-OH is 1. The van der Waals surface area contributed by atoms with E-state index in [0.717, 1.165) is 12.8 Å². The van der Waals surface area contributed by atoms with E-state index >= 15 is 0 Å². The molecule has 1 saturated heterocycles. The highest BCUT2D eigenvalue weighted by Gasteiger charge is 2.23. The van der Waals surface area contributed by atoms with Crippen molar-refractivity contribution >= 4 is 0 Å². The van der Waals surface area contributed by atoms with Crippen LogP contribution in [-0.4, -0.2) is 37.6 Å². The first-order valence-electron chi connectivity index (χ1n) is 3.62. The van der Waals surface area contributed by atoms with E-state index in [9.17, 15) is 0 Å². The average Bonchev–Trinajstić information content (AvgIpc) is 2.37. The monoisotopic (exact) mass is 146 g/mol. The smallest absolute Gasteiger partial charge is 0.0814 e. The Hall–Kier alpha value is -0.120. The summed E-state index contributed by atoms with van der Waals surface area (Å²) in [4.78, 5) is 0. The van der Waals surface area contributed by atoms with Crippen LogP contribution in [0.2, 0.25) is 0 Å². The number of ether oxygens (including phenoxy) is 2. The van der Waals surface area contributed by atoms with E-state index in [1.165, 1.54) is 0 Å². The molecule has 0 radical (unpaired) electrons. The lowest BCUT2D eigenvalue weighted by Gasteiger charge is -2.09. The molecule has 0 unspecified atom stereocenters. The Morgan fingerprint density at radius 3 is 2.70 bits per heavy atom. The van der Waals surface area contributed by atoms with E-state index in [1.807, 2.05) is 0 Å². The molecule has 0 aliphatic carbocycles. The van der Waals surface area contributed by atoms with Crippen LogP contribution in [0, 0.1) is 0 Å². The zero-order valence-electron chi connectivity index (χ0n) is 6.25. The van der Waals surface area contributed by atoms with Gasteiger partial charge >= 0.3 is 0 Å². The third-order valence-corrected chi connectivity index (χ3v) is 1.75. The number of aliphatic hydroxyl groups is 1. The van der Waals surface area contributed by atoms with Gasteiger partial charge in [-0.25, -0.2) is 0 Å². The molecule has 0 spiro atoms. The van der Waals surface area contributed by atoms with E-state index < -0.39 is 0 Å². The van der Waals surface area contributed by atoms with E-state index in [1.54, 1.807) is 7.11 Å². The van der Waals surface area contributed by atoms with Gasteiger partial charge in [-0.05, 0) is 12.8 Å². The first-order valence-corrected chi connectivity index (χ1v) is 3.62. The van der Waals surface area contributed by atoms with Crippen LogP contribution in [0.3, 0.4) is 0 Å². The average molecular weight is 146 g/mol. The molecule has 0 aromatic rings. The molecule has 0 aromatic carbocycles. The first kappa shape index (κ1) is 7.98. The topological polar surface area (TPSA) is 38.7 Å². The van der Waals surface area contributed by atoms with E-state index in [2.05, 4.69) is 0 Å². The van der Waals surface area contributed by atoms with Crippen molar-refractivity contribution in [3.05, 3.63) is 0 Å². The van der Waals surface area contributed by atoms with Crippen molar-refractivity contribution in [2.45, 2.75) is 25.0 Å². The highest BCUT2D eigenvalue weighted by molar-refractivity contribution is 4.72. The summed E-state index contributed by atoms with van der Waals surface area (Å²) in [5.74, 6) is 0. The molecule has 1 aliphatic heterocycles. The predicted octanol–water partition coefficient (Wildman–Crippen LogP) is 0.173. The summed E-state index contributed by atoms with van der Waals surface area (Å²) in [6, 6.07) is 0. The second kappa shape index (κ2) is 3.91. The number of hydrogen-bond acceptors (Lipinski definition) is 3. The molecule has 1 rings (SSSR count). The van der Waals surface area contributed by atoms with Gasteiger partial charge in [-0.1, -0.05) is 0 Å². The standard InChI is InChI=1S/C7H14O3/c1-9-5-7-3-2-6(4-8)10-7/h6-8H,2-5H2,1H3/t6-,7+/m1/s1. The summed E-state index contributed by atoms with van der Waals surface area (Å²) in [5, 5.41) is 8.69. The maximum Gasteiger partial charge on any atom is 0.0814 e. The van der Waals surface area contributed by atoms with E-state index in [4.69, 9.17) is 14.6 Å². The normalized spacial score (nSPS) is 33.0. The molecular formula is C7H14O3. The highest BCUT2D eigenvalue weighted by Crippen LogP contribution is 2.18. The molecule has 0 aromatic heterocycles. The summed E-state index contributed by atoms with van der Waals surface area (Å²) >= 11 is 0. The van der Waals surface area contributed by atoms with Crippen molar-refractivity contribution in [3.63, 3.8) is 0 Å². The van der Waals surface area contributed by atoms with Gasteiger partial charge in [0.05, 0.1) is 25.4 Å². The predicted molar refractivity (Wildman–Crippen MR) is 36.9 cm³/mol. The Morgan fingerprint density at radius 1 is 1.50 bits per heavy atom. The molecular weight excluding hydrogens is 132 g/mol. The molecule has 0 bridgehead atoms. The fourth-order valence-electron chi connectivity index (χ4n) is 1.22. The van der Waals surface area contributed by atoms with Gasteiger partial charge < -0.3 is 14.6 Å². The van der Waals surface area contributed by atoms with Crippen LogP contribution in [-0.2, 0) is 9.47 Å². The Balaban J connectivity index is 2.15. The molecule has 0 saturated carbocycles. The second-order valence-electron chi connectivity index (χ2n) is 2.60. The minimum atomic E-state index is 0.0557. The Morgan fingerprint density at radius 2 is 2.20 bits per heavy atom. The van der Waals surface area contributed by atoms with Gasteiger partial charge in [-0.3, -0.25) is 0 Å². The number of methoxy groups -OCH3 is 1. The summed E-state index contributed by atoms with van der Waals surface area (Å²) < 4.78 is 10.3. The van der Waals surface area contributed by atoms with Crippen molar-refractivity contribution in [3.8, 4) is 0 Å². The van der Waals surface area contributed by atoms with Gasteiger partial charge in [0.15, 0.2) is 0 Å². The molecule has 10 heavy (non-hydrogen) atoms. The lowest BCUT2D eigenvalue weighted by Crippen LogP contribution is -2.17. The lowest BCUT2D eigenvalue weighted by molar-refractivity contribution is -0.0213. The fraction of sp³-hybridized carbons (Fsp3) is 1.00. The third-order valence-electron chi connectivity index (χ3n) is 1.75. The van der Waals surface area contributed by atoms with Crippen molar-refractivity contribution in [2.75, 3.05) is 20.3 Å². The minimum absolute atomic E-state index is 0.0557. The van der Waals surface area contributed by atoms with Crippen molar-refractivity contribution in [2.24, 2.45) is 0 Å². The number of rotatable bonds is 3. The van der Waals surface area contributed by atoms with Gasteiger partial charge in [-0.15, -0.1) is 0 Å². The van der Waals surface area contributed by atoms with E-state index in [-0.39, 0.29) is 18.8 Å². The molecule has 2 atom stereocenters. The summed E-state index contributed by atoms with van der Waals surface area (Å²) in [6.45, 7) is 0.788. The van der Waals surface area contributed by atoms with Gasteiger partial charge in [0, 0.05) is 7.11 Å². The third kappa shape index (κ3) is 1.94. The molecule has 1 heterocycles. The zero-order chi connectivity index (χ0) is 7.40. The number of hydrogen-bond donors (Lipinski definition) is 1. The summed E-state index contributed by atoms with van der Waals surface area (Å²) in [6.07, 6.45) is 2.24.